The standard InChI is InChI=1S/C14H26O2/c1-5-7-8-13(6-2)11-16-14(15)10-9-12(3)4/h9-10,12-13H,5-8,11H2,1-4H3/b10-9+. The van der Waals surface area contributed by atoms with Gasteiger partial charge in [-0.05, 0) is 18.3 Å². The third-order valence-corrected chi connectivity index (χ3v) is 2.62. The van der Waals surface area contributed by atoms with Gasteiger partial charge < -0.3 is 4.74 Å². The normalized spacial score (nSPS) is 13.3. The van der Waals surface area contributed by atoms with E-state index in [1.807, 2.05) is 19.9 Å². The van der Waals surface area contributed by atoms with Gasteiger partial charge in [-0.1, -0.05) is 53.0 Å². The maximum atomic E-state index is 11.3. The molecule has 0 bridgehead atoms. The van der Waals surface area contributed by atoms with Crippen molar-refractivity contribution in [3.63, 3.8) is 0 Å². The molecule has 0 aromatic heterocycles. The average Bonchev–Trinajstić information content (AvgIpc) is 2.26. The fourth-order valence-corrected chi connectivity index (χ4v) is 1.42. The summed E-state index contributed by atoms with van der Waals surface area (Å²) in [6, 6.07) is 0. The van der Waals surface area contributed by atoms with Crippen LogP contribution >= 0.6 is 0 Å². The van der Waals surface area contributed by atoms with E-state index >= 15 is 0 Å². The lowest BCUT2D eigenvalue weighted by atomic mass is 10.0. The highest BCUT2D eigenvalue weighted by Crippen LogP contribution is 2.12. The summed E-state index contributed by atoms with van der Waals surface area (Å²) in [5, 5.41) is 0. The van der Waals surface area contributed by atoms with E-state index in [0.717, 1.165) is 12.8 Å². The third kappa shape index (κ3) is 8.51. The van der Waals surface area contributed by atoms with Crippen molar-refractivity contribution in [2.45, 2.75) is 53.4 Å². The van der Waals surface area contributed by atoms with Gasteiger partial charge in [0.1, 0.15) is 0 Å². The molecule has 0 saturated carbocycles. The van der Waals surface area contributed by atoms with Crippen LogP contribution in [0.25, 0.3) is 0 Å². The topological polar surface area (TPSA) is 26.3 Å². The van der Waals surface area contributed by atoms with E-state index in [9.17, 15) is 4.79 Å². The van der Waals surface area contributed by atoms with Gasteiger partial charge in [-0.15, -0.1) is 0 Å². The Morgan fingerprint density at radius 3 is 2.50 bits per heavy atom. The van der Waals surface area contributed by atoms with Crippen molar-refractivity contribution in [1.29, 1.82) is 0 Å². The Hall–Kier alpha value is -0.790. The molecule has 0 heterocycles. The molecule has 0 aliphatic rings. The number of hydrogen-bond acceptors (Lipinski definition) is 2. The Morgan fingerprint density at radius 1 is 1.31 bits per heavy atom. The lowest BCUT2D eigenvalue weighted by Gasteiger charge is -2.13. The summed E-state index contributed by atoms with van der Waals surface area (Å²) in [6.45, 7) is 8.99. The molecule has 0 amide bonds. The Bertz CT molecular complexity index is 207. The molecule has 0 N–H and O–H groups in total. The molecule has 1 atom stereocenters. The molecule has 2 nitrogen and oxygen atoms in total. The zero-order valence-corrected chi connectivity index (χ0v) is 11.2. The highest BCUT2D eigenvalue weighted by atomic mass is 16.5. The maximum absolute atomic E-state index is 11.3. The number of allylic oxidation sites excluding steroid dienone is 1. The van der Waals surface area contributed by atoms with Crippen LogP contribution in [0.5, 0.6) is 0 Å². The molecule has 1 unspecified atom stereocenters. The van der Waals surface area contributed by atoms with Crippen molar-refractivity contribution in [1.82, 2.24) is 0 Å². The molecule has 0 aromatic carbocycles. The van der Waals surface area contributed by atoms with Gasteiger partial charge in [0.25, 0.3) is 0 Å². The maximum Gasteiger partial charge on any atom is 0.330 e. The summed E-state index contributed by atoms with van der Waals surface area (Å²) < 4.78 is 5.22. The first-order valence-corrected chi connectivity index (χ1v) is 6.45. The summed E-state index contributed by atoms with van der Waals surface area (Å²) >= 11 is 0. The Morgan fingerprint density at radius 2 is 2.00 bits per heavy atom. The SMILES string of the molecule is CCCCC(CC)COC(=O)/C=C/C(C)C. The highest BCUT2D eigenvalue weighted by molar-refractivity contribution is 5.81. The summed E-state index contributed by atoms with van der Waals surface area (Å²) in [5.41, 5.74) is 0. The van der Waals surface area contributed by atoms with Crippen LogP contribution in [-0.2, 0) is 9.53 Å². The van der Waals surface area contributed by atoms with Crippen LogP contribution in [0.4, 0.5) is 0 Å². The van der Waals surface area contributed by atoms with E-state index in [2.05, 4.69) is 13.8 Å². The van der Waals surface area contributed by atoms with Gasteiger partial charge in [-0.2, -0.15) is 0 Å². The van der Waals surface area contributed by atoms with Gasteiger partial charge in [0.15, 0.2) is 0 Å². The van der Waals surface area contributed by atoms with Crippen LogP contribution in [-0.4, -0.2) is 12.6 Å². The Balaban J connectivity index is 3.79. The summed E-state index contributed by atoms with van der Waals surface area (Å²) in [4.78, 5) is 11.3. The van der Waals surface area contributed by atoms with Crippen molar-refractivity contribution in [2.24, 2.45) is 11.8 Å². The molecular weight excluding hydrogens is 200 g/mol. The largest absolute Gasteiger partial charge is 0.462 e. The van der Waals surface area contributed by atoms with Crippen LogP contribution in [0.2, 0.25) is 0 Å². The summed E-state index contributed by atoms with van der Waals surface area (Å²) in [5.74, 6) is 0.717. The predicted octanol–water partition coefficient (Wildman–Crippen LogP) is 3.96. The number of carbonyl (C=O) groups excluding carboxylic acids is 1. The minimum Gasteiger partial charge on any atom is -0.462 e. The summed E-state index contributed by atoms with van der Waals surface area (Å²) in [7, 11) is 0. The zero-order chi connectivity index (χ0) is 12.4. The van der Waals surface area contributed by atoms with Gasteiger partial charge in [0.2, 0.25) is 0 Å². The fraction of sp³-hybridized carbons (Fsp3) is 0.786. The Kier molecular flexibility index (Phi) is 8.97. The fourth-order valence-electron chi connectivity index (χ4n) is 1.42. The van der Waals surface area contributed by atoms with Crippen LogP contribution in [0.1, 0.15) is 53.4 Å². The predicted molar refractivity (Wildman–Crippen MR) is 68.2 cm³/mol. The zero-order valence-electron chi connectivity index (χ0n) is 11.2. The monoisotopic (exact) mass is 226 g/mol. The van der Waals surface area contributed by atoms with Gasteiger partial charge in [0.05, 0.1) is 6.61 Å². The second-order valence-corrected chi connectivity index (χ2v) is 4.65. The van der Waals surface area contributed by atoms with Gasteiger partial charge in [-0.25, -0.2) is 4.79 Å². The molecule has 0 rings (SSSR count). The van der Waals surface area contributed by atoms with Crippen molar-refractivity contribution in [2.75, 3.05) is 6.61 Å². The highest BCUT2D eigenvalue weighted by Gasteiger charge is 2.08. The van der Waals surface area contributed by atoms with Gasteiger partial charge in [-0.3, -0.25) is 0 Å². The molecule has 0 aliphatic heterocycles. The number of ether oxygens (including phenoxy) is 1. The van der Waals surface area contributed by atoms with Crippen molar-refractivity contribution in [3.05, 3.63) is 12.2 Å². The van der Waals surface area contributed by atoms with E-state index in [0.29, 0.717) is 18.4 Å². The molecular formula is C14H26O2. The van der Waals surface area contributed by atoms with E-state index in [-0.39, 0.29) is 5.97 Å². The van der Waals surface area contributed by atoms with E-state index in [4.69, 9.17) is 4.74 Å². The summed E-state index contributed by atoms with van der Waals surface area (Å²) in [6.07, 6.45) is 8.08. The molecule has 94 valence electrons. The molecule has 0 spiro atoms. The van der Waals surface area contributed by atoms with Crippen molar-refractivity contribution >= 4 is 5.97 Å². The number of hydrogen-bond donors (Lipinski definition) is 0. The van der Waals surface area contributed by atoms with Gasteiger partial charge in [0, 0.05) is 6.08 Å². The van der Waals surface area contributed by atoms with Crippen LogP contribution in [0.15, 0.2) is 12.2 Å². The first-order valence-electron chi connectivity index (χ1n) is 6.45. The van der Waals surface area contributed by atoms with Crippen LogP contribution in [0.3, 0.4) is 0 Å². The molecule has 0 fully saturated rings. The lowest BCUT2D eigenvalue weighted by Crippen LogP contribution is -2.12. The average molecular weight is 226 g/mol. The lowest BCUT2D eigenvalue weighted by molar-refractivity contribution is -0.139. The smallest absolute Gasteiger partial charge is 0.330 e. The third-order valence-electron chi connectivity index (χ3n) is 2.62. The van der Waals surface area contributed by atoms with E-state index in [1.165, 1.54) is 18.9 Å². The van der Waals surface area contributed by atoms with Crippen LogP contribution < -0.4 is 0 Å². The van der Waals surface area contributed by atoms with E-state index < -0.39 is 0 Å². The van der Waals surface area contributed by atoms with Crippen molar-refractivity contribution in [3.8, 4) is 0 Å². The number of esters is 1. The Labute approximate surface area is 100 Å². The molecule has 0 saturated heterocycles. The van der Waals surface area contributed by atoms with Crippen molar-refractivity contribution < 1.29 is 9.53 Å². The number of unbranched alkanes of at least 4 members (excludes halogenated alkanes) is 1. The van der Waals surface area contributed by atoms with Gasteiger partial charge >= 0.3 is 5.97 Å². The molecule has 2 heteroatoms. The molecule has 0 aromatic rings. The molecule has 16 heavy (non-hydrogen) atoms. The number of carbonyl (C=O) groups is 1. The first kappa shape index (κ1) is 15.2. The molecule has 0 aliphatic carbocycles. The first-order chi connectivity index (χ1) is 7.60. The second-order valence-electron chi connectivity index (χ2n) is 4.65. The minimum absolute atomic E-state index is 0.205. The van der Waals surface area contributed by atoms with E-state index in [1.54, 1.807) is 0 Å². The van der Waals surface area contributed by atoms with Crippen LogP contribution in [0, 0.1) is 11.8 Å². The number of rotatable bonds is 8. The second kappa shape index (κ2) is 9.44. The minimum atomic E-state index is -0.205. The quantitative estimate of drug-likeness (QED) is 0.462. The molecule has 0 radical (unpaired) electrons.